The zero-order valence-corrected chi connectivity index (χ0v) is 14.3. The SMILES string of the molecule is Cc1ccc(OCC(O)COc2ccc(-n3cncn3)cc2)c(C)c1. The van der Waals surface area contributed by atoms with Gasteiger partial charge in [-0.05, 0) is 49.7 Å². The lowest BCUT2D eigenvalue weighted by Crippen LogP contribution is -2.25. The van der Waals surface area contributed by atoms with Crippen LogP contribution in [0.15, 0.2) is 55.1 Å². The summed E-state index contributed by atoms with van der Waals surface area (Å²) < 4.78 is 12.9. The van der Waals surface area contributed by atoms with Gasteiger partial charge in [0.1, 0.15) is 43.5 Å². The van der Waals surface area contributed by atoms with Crippen molar-refractivity contribution in [2.75, 3.05) is 13.2 Å². The first kappa shape index (κ1) is 17.0. The maximum Gasteiger partial charge on any atom is 0.138 e. The highest BCUT2D eigenvalue weighted by Crippen LogP contribution is 2.19. The van der Waals surface area contributed by atoms with Gasteiger partial charge in [0.2, 0.25) is 0 Å². The number of aliphatic hydroxyl groups is 1. The summed E-state index contributed by atoms with van der Waals surface area (Å²) in [6.45, 7) is 4.37. The Hall–Kier alpha value is -2.86. The molecular formula is C19H21N3O3. The molecule has 1 aromatic heterocycles. The lowest BCUT2D eigenvalue weighted by Gasteiger charge is -2.15. The topological polar surface area (TPSA) is 69.4 Å². The summed E-state index contributed by atoms with van der Waals surface area (Å²) in [7, 11) is 0. The Morgan fingerprint density at radius 1 is 1.04 bits per heavy atom. The molecule has 0 aliphatic rings. The number of benzene rings is 2. The van der Waals surface area contributed by atoms with Crippen molar-refractivity contribution in [1.29, 1.82) is 0 Å². The average Bonchev–Trinajstić information content (AvgIpc) is 3.14. The number of hydrogen-bond acceptors (Lipinski definition) is 5. The van der Waals surface area contributed by atoms with E-state index < -0.39 is 6.10 Å². The molecule has 0 saturated carbocycles. The minimum atomic E-state index is -0.712. The Morgan fingerprint density at radius 3 is 2.48 bits per heavy atom. The summed E-state index contributed by atoms with van der Waals surface area (Å²) in [5, 5.41) is 14.1. The quantitative estimate of drug-likeness (QED) is 0.717. The summed E-state index contributed by atoms with van der Waals surface area (Å²) in [4.78, 5) is 3.91. The summed E-state index contributed by atoms with van der Waals surface area (Å²) in [6.07, 6.45) is 2.40. The smallest absolute Gasteiger partial charge is 0.138 e. The number of rotatable bonds is 7. The van der Waals surface area contributed by atoms with E-state index in [9.17, 15) is 5.11 Å². The Labute approximate surface area is 146 Å². The van der Waals surface area contributed by atoms with Gasteiger partial charge in [-0.15, -0.1) is 0 Å². The van der Waals surface area contributed by atoms with Crippen LogP contribution in [0.2, 0.25) is 0 Å². The van der Waals surface area contributed by atoms with Crippen molar-refractivity contribution in [3.63, 3.8) is 0 Å². The molecule has 0 fully saturated rings. The van der Waals surface area contributed by atoms with E-state index in [-0.39, 0.29) is 13.2 Å². The van der Waals surface area contributed by atoms with Crippen LogP contribution in [0.1, 0.15) is 11.1 Å². The van der Waals surface area contributed by atoms with E-state index in [2.05, 4.69) is 16.1 Å². The van der Waals surface area contributed by atoms with Crippen LogP contribution in [-0.4, -0.2) is 39.2 Å². The fourth-order valence-corrected chi connectivity index (χ4v) is 2.42. The lowest BCUT2D eigenvalue weighted by atomic mass is 10.1. The molecule has 1 unspecified atom stereocenters. The fourth-order valence-electron chi connectivity index (χ4n) is 2.42. The van der Waals surface area contributed by atoms with Crippen molar-refractivity contribution in [3.05, 3.63) is 66.2 Å². The highest BCUT2D eigenvalue weighted by Gasteiger charge is 2.08. The maximum atomic E-state index is 10.0. The maximum absolute atomic E-state index is 10.0. The molecule has 3 rings (SSSR count). The van der Waals surface area contributed by atoms with E-state index >= 15 is 0 Å². The number of aromatic nitrogens is 3. The van der Waals surface area contributed by atoms with Gasteiger partial charge in [0, 0.05) is 0 Å². The Kier molecular flexibility index (Phi) is 5.30. The zero-order valence-electron chi connectivity index (χ0n) is 14.3. The van der Waals surface area contributed by atoms with Crippen LogP contribution in [0.3, 0.4) is 0 Å². The first-order chi connectivity index (χ1) is 12.1. The van der Waals surface area contributed by atoms with Gasteiger partial charge in [-0.3, -0.25) is 0 Å². The molecule has 0 bridgehead atoms. The third-order valence-electron chi connectivity index (χ3n) is 3.72. The summed E-state index contributed by atoms with van der Waals surface area (Å²) >= 11 is 0. The fraction of sp³-hybridized carbons (Fsp3) is 0.263. The van der Waals surface area contributed by atoms with Gasteiger partial charge in [-0.1, -0.05) is 17.7 Å². The largest absolute Gasteiger partial charge is 0.491 e. The molecule has 0 aliphatic heterocycles. The van der Waals surface area contributed by atoms with Gasteiger partial charge in [0.05, 0.1) is 5.69 Å². The molecule has 0 saturated heterocycles. The van der Waals surface area contributed by atoms with Crippen molar-refractivity contribution >= 4 is 0 Å². The van der Waals surface area contributed by atoms with Crippen molar-refractivity contribution in [2.24, 2.45) is 0 Å². The van der Waals surface area contributed by atoms with Crippen LogP contribution < -0.4 is 9.47 Å². The second-order valence-corrected chi connectivity index (χ2v) is 5.88. The van der Waals surface area contributed by atoms with Crippen molar-refractivity contribution in [3.8, 4) is 17.2 Å². The number of hydrogen-bond donors (Lipinski definition) is 1. The standard InChI is InChI=1S/C19H21N3O3/c1-14-3-8-19(15(2)9-14)25-11-17(23)10-24-18-6-4-16(5-7-18)22-13-20-12-21-22/h3-9,12-13,17,23H,10-11H2,1-2H3. The van der Waals surface area contributed by atoms with E-state index in [4.69, 9.17) is 9.47 Å². The summed E-state index contributed by atoms with van der Waals surface area (Å²) in [5.41, 5.74) is 3.13. The van der Waals surface area contributed by atoms with E-state index in [0.29, 0.717) is 5.75 Å². The van der Waals surface area contributed by atoms with Gasteiger partial charge in [-0.25, -0.2) is 9.67 Å². The Bertz CT molecular complexity index is 801. The summed E-state index contributed by atoms with van der Waals surface area (Å²) in [5.74, 6) is 1.45. The first-order valence-electron chi connectivity index (χ1n) is 8.08. The van der Waals surface area contributed by atoms with Crippen LogP contribution in [0.5, 0.6) is 11.5 Å². The van der Waals surface area contributed by atoms with Gasteiger partial charge in [0.25, 0.3) is 0 Å². The van der Waals surface area contributed by atoms with Crippen molar-refractivity contribution in [2.45, 2.75) is 20.0 Å². The second kappa shape index (κ2) is 7.81. The number of aryl methyl sites for hydroxylation is 2. The van der Waals surface area contributed by atoms with Gasteiger partial charge in [-0.2, -0.15) is 5.10 Å². The highest BCUT2D eigenvalue weighted by molar-refractivity contribution is 5.36. The number of aliphatic hydroxyl groups excluding tert-OH is 1. The Balaban J connectivity index is 1.48. The minimum Gasteiger partial charge on any atom is -0.491 e. The van der Waals surface area contributed by atoms with E-state index in [1.54, 1.807) is 11.0 Å². The van der Waals surface area contributed by atoms with Crippen LogP contribution in [0, 0.1) is 13.8 Å². The lowest BCUT2D eigenvalue weighted by molar-refractivity contribution is 0.0624. The molecule has 3 aromatic rings. The Morgan fingerprint density at radius 2 is 1.80 bits per heavy atom. The zero-order chi connectivity index (χ0) is 17.6. The van der Waals surface area contributed by atoms with E-state index in [1.807, 2.05) is 50.2 Å². The molecule has 1 N–H and O–H groups in total. The number of ether oxygens (including phenoxy) is 2. The molecule has 2 aromatic carbocycles. The monoisotopic (exact) mass is 339 g/mol. The van der Waals surface area contributed by atoms with Crippen molar-refractivity contribution in [1.82, 2.24) is 14.8 Å². The normalized spacial score (nSPS) is 12.0. The predicted octanol–water partition coefficient (Wildman–Crippen LogP) is 2.70. The third kappa shape index (κ3) is 4.58. The van der Waals surface area contributed by atoms with Crippen molar-refractivity contribution < 1.29 is 14.6 Å². The van der Waals surface area contributed by atoms with E-state index in [0.717, 1.165) is 17.0 Å². The van der Waals surface area contributed by atoms with Crippen LogP contribution >= 0.6 is 0 Å². The summed E-state index contributed by atoms with van der Waals surface area (Å²) in [6, 6.07) is 13.4. The van der Waals surface area contributed by atoms with Crippen LogP contribution in [-0.2, 0) is 0 Å². The minimum absolute atomic E-state index is 0.160. The molecular weight excluding hydrogens is 318 g/mol. The third-order valence-corrected chi connectivity index (χ3v) is 3.72. The molecule has 1 atom stereocenters. The van der Waals surface area contributed by atoms with Crippen LogP contribution in [0.4, 0.5) is 0 Å². The molecule has 0 amide bonds. The molecule has 0 spiro atoms. The molecule has 130 valence electrons. The first-order valence-corrected chi connectivity index (χ1v) is 8.08. The molecule has 0 radical (unpaired) electrons. The van der Waals surface area contributed by atoms with Gasteiger partial charge < -0.3 is 14.6 Å². The highest BCUT2D eigenvalue weighted by atomic mass is 16.5. The van der Waals surface area contributed by atoms with Gasteiger partial charge >= 0.3 is 0 Å². The van der Waals surface area contributed by atoms with Gasteiger partial charge in [0.15, 0.2) is 0 Å². The predicted molar refractivity (Wildman–Crippen MR) is 94.3 cm³/mol. The number of nitrogens with zero attached hydrogens (tertiary/aromatic N) is 3. The molecule has 0 aliphatic carbocycles. The molecule has 25 heavy (non-hydrogen) atoms. The van der Waals surface area contributed by atoms with Crippen LogP contribution in [0.25, 0.3) is 5.69 Å². The molecule has 6 nitrogen and oxygen atoms in total. The van der Waals surface area contributed by atoms with E-state index in [1.165, 1.54) is 11.9 Å². The second-order valence-electron chi connectivity index (χ2n) is 5.88. The molecule has 6 heteroatoms. The average molecular weight is 339 g/mol. The molecule has 1 heterocycles.